The predicted molar refractivity (Wildman–Crippen MR) is 114 cm³/mol. The van der Waals surface area contributed by atoms with Crippen molar-refractivity contribution in [3.05, 3.63) is 17.4 Å². The van der Waals surface area contributed by atoms with E-state index >= 15 is 0 Å². The third-order valence-electron chi connectivity index (χ3n) is 6.53. The molecule has 0 amide bonds. The van der Waals surface area contributed by atoms with Crippen molar-refractivity contribution >= 4 is 28.6 Å². The van der Waals surface area contributed by atoms with Gasteiger partial charge in [-0.15, -0.1) is 10.2 Å². The van der Waals surface area contributed by atoms with E-state index < -0.39 is 24.3 Å². The summed E-state index contributed by atoms with van der Waals surface area (Å²) in [7, 11) is 1.71. The van der Waals surface area contributed by atoms with E-state index in [-0.39, 0.29) is 17.4 Å². The van der Waals surface area contributed by atoms with Gasteiger partial charge < -0.3 is 24.8 Å². The molecule has 172 valence electrons. The fourth-order valence-electron chi connectivity index (χ4n) is 4.81. The fourth-order valence-corrected chi connectivity index (χ4v) is 4.97. The van der Waals surface area contributed by atoms with E-state index in [1.54, 1.807) is 18.0 Å². The molecule has 3 aromatic heterocycles. The second-order valence-corrected chi connectivity index (χ2v) is 8.69. The Labute approximate surface area is 189 Å². The van der Waals surface area contributed by atoms with E-state index in [1.807, 2.05) is 6.92 Å². The minimum absolute atomic E-state index is 0.0730. The van der Waals surface area contributed by atoms with Crippen LogP contribution in [0, 0.1) is 0 Å². The number of imidazole rings is 1. The number of ether oxygens (including phenoxy) is 1. The van der Waals surface area contributed by atoms with Crippen molar-refractivity contribution in [3.63, 3.8) is 0 Å². The van der Waals surface area contributed by atoms with Gasteiger partial charge >= 0.3 is 0 Å². The zero-order chi connectivity index (χ0) is 22.4. The van der Waals surface area contributed by atoms with Crippen molar-refractivity contribution in [1.29, 1.82) is 0 Å². The molecule has 0 unspecified atom stereocenters. The molecule has 6 atom stereocenters. The number of fused-ring (bicyclic) bond motifs is 1. The van der Waals surface area contributed by atoms with Gasteiger partial charge in [0.05, 0.1) is 24.5 Å². The molecule has 13 heteroatoms. The van der Waals surface area contributed by atoms with Crippen LogP contribution in [0.3, 0.4) is 0 Å². The number of nitrogens with zero attached hydrogens (tertiary/aromatic N) is 8. The van der Waals surface area contributed by atoms with Crippen LogP contribution in [0.5, 0.6) is 0 Å². The van der Waals surface area contributed by atoms with Crippen LogP contribution in [0.15, 0.2) is 6.33 Å². The number of aliphatic hydroxyl groups excluding tert-OH is 2. The molecule has 12 nitrogen and oxygen atoms in total. The number of nitrogens with one attached hydrogen (secondary N) is 1. The predicted octanol–water partition coefficient (Wildman–Crippen LogP) is 0.916. The van der Waals surface area contributed by atoms with Gasteiger partial charge in [0.1, 0.15) is 18.2 Å². The highest BCUT2D eigenvalue weighted by molar-refractivity contribution is 6.28. The monoisotopic (exact) mass is 463 g/mol. The standard InChI is InChI=1S/C19H26ClN9O3/c1-3-13-25-27-29(26-13)11-7-10(15(30)16(11)31)28-8-21-14-17(23-19(20)24-18(14)28)22-9-5-4-6-12(9)32-2/h8-12,15-16,30-31H,3-7H2,1-2H3,(H,22,23,24)/t9-,10+,11-,12-,15-,16+/m0/s1. The minimum atomic E-state index is -1.06. The average Bonchev–Trinajstić information content (AvgIpc) is 3.56. The lowest BCUT2D eigenvalue weighted by atomic mass is 10.2. The highest BCUT2D eigenvalue weighted by Gasteiger charge is 2.45. The number of aliphatic hydroxyl groups is 2. The lowest BCUT2D eigenvalue weighted by Gasteiger charge is -2.21. The van der Waals surface area contributed by atoms with Crippen LogP contribution in [0.4, 0.5) is 5.82 Å². The van der Waals surface area contributed by atoms with Crippen molar-refractivity contribution in [2.75, 3.05) is 12.4 Å². The Bertz CT molecular complexity index is 1110. The number of aryl methyl sites for hydroxylation is 1. The molecule has 2 aliphatic rings. The van der Waals surface area contributed by atoms with Crippen LogP contribution in [0.1, 0.15) is 50.5 Å². The summed E-state index contributed by atoms with van der Waals surface area (Å²) in [5.41, 5.74) is 1.03. The van der Waals surface area contributed by atoms with Crippen molar-refractivity contribution in [2.24, 2.45) is 0 Å². The highest BCUT2D eigenvalue weighted by atomic mass is 35.5. The van der Waals surface area contributed by atoms with E-state index in [0.717, 1.165) is 19.3 Å². The van der Waals surface area contributed by atoms with E-state index in [4.69, 9.17) is 16.3 Å². The van der Waals surface area contributed by atoms with E-state index in [0.29, 0.717) is 35.6 Å². The lowest BCUT2D eigenvalue weighted by molar-refractivity contribution is 0.00473. The van der Waals surface area contributed by atoms with Crippen molar-refractivity contribution in [1.82, 2.24) is 39.7 Å². The van der Waals surface area contributed by atoms with Crippen LogP contribution in [-0.2, 0) is 11.2 Å². The molecular formula is C19H26ClN9O3. The summed E-state index contributed by atoms with van der Waals surface area (Å²) in [5, 5.41) is 37.3. The number of halogens is 1. The van der Waals surface area contributed by atoms with Gasteiger partial charge in [-0.05, 0) is 42.5 Å². The van der Waals surface area contributed by atoms with Crippen molar-refractivity contribution in [3.8, 4) is 0 Å². The van der Waals surface area contributed by atoms with Crippen LogP contribution in [0.2, 0.25) is 5.28 Å². The first-order chi connectivity index (χ1) is 15.5. The Balaban J connectivity index is 1.46. The molecular weight excluding hydrogens is 438 g/mol. The second-order valence-electron chi connectivity index (χ2n) is 8.35. The molecule has 0 radical (unpaired) electrons. The molecule has 32 heavy (non-hydrogen) atoms. The van der Waals surface area contributed by atoms with Gasteiger partial charge in [0.2, 0.25) is 5.28 Å². The van der Waals surface area contributed by atoms with Gasteiger partial charge in [0.25, 0.3) is 0 Å². The Hall–Kier alpha value is -2.41. The van der Waals surface area contributed by atoms with Crippen molar-refractivity contribution < 1.29 is 14.9 Å². The number of rotatable bonds is 6. The molecule has 0 aromatic carbocycles. The number of methoxy groups -OCH3 is 1. The summed E-state index contributed by atoms with van der Waals surface area (Å²) < 4.78 is 7.31. The summed E-state index contributed by atoms with van der Waals surface area (Å²) in [6.45, 7) is 1.93. The number of aromatic nitrogens is 8. The Morgan fingerprint density at radius 3 is 2.78 bits per heavy atom. The fraction of sp³-hybridized carbons (Fsp3) is 0.684. The third-order valence-corrected chi connectivity index (χ3v) is 6.70. The maximum absolute atomic E-state index is 10.8. The summed E-state index contributed by atoms with van der Waals surface area (Å²) in [4.78, 5) is 14.6. The summed E-state index contributed by atoms with van der Waals surface area (Å²) in [6, 6.07) is -0.905. The molecule has 5 rings (SSSR count). The summed E-state index contributed by atoms with van der Waals surface area (Å²) in [5.74, 6) is 1.11. The van der Waals surface area contributed by atoms with Gasteiger partial charge in [-0.3, -0.25) is 0 Å². The molecule has 2 saturated carbocycles. The zero-order valence-corrected chi connectivity index (χ0v) is 18.6. The van der Waals surface area contributed by atoms with Crippen LogP contribution < -0.4 is 5.32 Å². The Morgan fingerprint density at radius 2 is 2.03 bits per heavy atom. The topological polar surface area (TPSA) is 149 Å². The molecule has 3 aromatic rings. The van der Waals surface area contributed by atoms with Crippen LogP contribution in [-0.4, -0.2) is 81.4 Å². The van der Waals surface area contributed by atoms with Crippen LogP contribution >= 0.6 is 11.6 Å². The third kappa shape index (κ3) is 3.60. The van der Waals surface area contributed by atoms with Gasteiger partial charge in [-0.2, -0.15) is 14.8 Å². The summed E-state index contributed by atoms with van der Waals surface area (Å²) >= 11 is 6.24. The summed E-state index contributed by atoms with van der Waals surface area (Å²) in [6.07, 6.45) is 3.59. The largest absolute Gasteiger partial charge is 0.388 e. The average molecular weight is 464 g/mol. The Morgan fingerprint density at radius 1 is 1.22 bits per heavy atom. The van der Waals surface area contributed by atoms with E-state index in [1.165, 1.54) is 4.80 Å². The maximum Gasteiger partial charge on any atom is 0.226 e. The molecule has 2 aliphatic carbocycles. The normalized spacial score (nSPS) is 30.4. The van der Waals surface area contributed by atoms with Crippen LogP contribution in [0.25, 0.3) is 11.2 Å². The first-order valence-electron chi connectivity index (χ1n) is 10.8. The molecule has 0 aliphatic heterocycles. The van der Waals surface area contributed by atoms with E-state index in [2.05, 4.69) is 35.7 Å². The second kappa shape index (κ2) is 8.50. The first-order valence-corrected chi connectivity index (χ1v) is 11.2. The van der Waals surface area contributed by atoms with Gasteiger partial charge in [0.15, 0.2) is 22.8 Å². The van der Waals surface area contributed by atoms with Crippen molar-refractivity contribution in [2.45, 2.75) is 75.5 Å². The lowest BCUT2D eigenvalue weighted by Crippen LogP contribution is -2.31. The van der Waals surface area contributed by atoms with Gasteiger partial charge in [0, 0.05) is 13.5 Å². The molecule has 0 bridgehead atoms. The zero-order valence-electron chi connectivity index (χ0n) is 17.8. The SMILES string of the molecule is CCc1nnn([C@H]2C[C@@H](n3cnc4c(N[C@H]5CCC[C@@H]5OC)nc(Cl)nc43)[C@H](O)[C@@H]2O)n1. The molecule has 0 spiro atoms. The smallest absolute Gasteiger partial charge is 0.226 e. The molecule has 2 fully saturated rings. The molecule has 3 heterocycles. The number of tetrazole rings is 1. The molecule has 0 saturated heterocycles. The quantitative estimate of drug-likeness (QED) is 0.450. The maximum atomic E-state index is 10.8. The number of hydrogen-bond donors (Lipinski definition) is 3. The van der Waals surface area contributed by atoms with Gasteiger partial charge in [-0.1, -0.05) is 6.92 Å². The molecule has 3 N–H and O–H groups in total. The highest BCUT2D eigenvalue weighted by Crippen LogP contribution is 2.39. The Kier molecular flexibility index (Phi) is 5.70. The first kappa shape index (κ1) is 21.4. The van der Waals surface area contributed by atoms with Gasteiger partial charge in [-0.25, -0.2) is 4.98 Å². The number of hydrogen-bond acceptors (Lipinski definition) is 10. The number of anilines is 1. The van der Waals surface area contributed by atoms with E-state index in [9.17, 15) is 10.2 Å². The minimum Gasteiger partial charge on any atom is -0.388 e.